The molecule has 0 aliphatic rings. The Morgan fingerprint density at radius 1 is 1.42 bits per heavy atom. The van der Waals surface area contributed by atoms with Crippen molar-refractivity contribution in [2.24, 2.45) is 11.6 Å². The fourth-order valence-corrected chi connectivity index (χ4v) is 1.11. The average molecular weight is 272 g/mol. The molecule has 0 fully saturated rings. The van der Waals surface area contributed by atoms with Crippen molar-refractivity contribution in [3.63, 3.8) is 0 Å². The lowest BCUT2D eigenvalue weighted by Gasteiger charge is -2.08. The van der Waals surface area contributed by atoms with E-state index in [-0.39, 0.29) is 12.8 Å². The molecule has 10 nitrogen and oxygen atoms in total. The van der Waals surface area contributed by atoms with Crippen molar-refractivity contribution in [2.45, 2.75) is 18.9 Å². The molecule has 1 atom stereocenters. The van der Waals surface area contributed by atoms with Crippen LogP contribution in [0, 0.1) is 0 Å². The fourth-order valence-electron chi connectivity index (χ4n) is 1.11. The maximum atomic E-state index is 11.4. The first-order valence-electron chi connectivity index (χ1n) is 5.13. The summed E-state index contributed by atoms with van der Waals surface area (Å²) in [5.74, 6) is 2.93. The van der Waals surface area contributed by atoms with Gasteiger partial charge >= 0.3 is 17.6 Å². The summed E-state index contributed by atoms with van der Waals surface area (Å²) in [6.45, 7) is 0. The van der Waals surface area contributed by atoms with E-state index in [0.717, 1.165) is 12.3 Å². The molecule has 0 spiro atoms. The lowest BCUT2D eigenvalue weighted by molar-refractivity contribution is -0.147. The summed E-state index contributed by atoms with van der Waals surface area (Å²) in [6, 6.07) is -0.0588. The summed E-state index contributed by atoms with van der Waals surface area (Å²) in [4.78, 5) is 54.6. The Hall–Kier alpha value is -2.46. The standard InChI is InChI=1S/C9H12N4O6/c10-5(8(16)18-11)1-2-7(15)19-13-4-3-6(14)12-9(13)17/h3-5H,1-2,10-11H2,(H,12,14,17)/t5-/m0/s1. The molecule has 5 N–H and O–H groups in total. The molecular weight excluding hydrogens is 260 g/mol. The highest BCUT2D eigenvalue weighted by atomic mass is 16.7. The first-order chi connectivity index (χ1) is 8.93. The van der Waals surface area contributed by atoms with Gasteiger partial charge in [-0.1, -0.05) is 0 Å². The van der Waals surface area contributed by atoms with Crippen molar-refractivity contribution in [3.05, 3.63) is 33.1 Å². The minimum Gasteiger partial charge on any atom is -0.372 e. The Balaban J connectivity index is 2.54. The van der Waals surface area contributed by atoms with E-state index < -0.39 is 29.2 Å². The highest BCUT2D eigenvalue weighted by Crippen LogP contribution is 1.96. The molecule has 1 aromatic rings. The Bertz CT molecular complexity index is 577. The highest BCUT2D eigenvalue weighted by molar-refractivity contribution is 5.76. The van der Waals surface area contributed by atoms with E-state index in [1.165, 1.54) is 0 Å². The Morgan fingerprint density at radius 3 is 2.68 bits per heavy atom. The lowest BCUT2D eigenvalue weighted by Crippen LogP contribution is -2.37. The quantitative estimate of drug-likeness (QED) is 0.478. The van der Waals surface area contributed by atoms with Crippen LogP contribution in [0.2, 0.25) is 0 Å². The van der Waals surface area contributed by atoms with Gasteiger partial charge in [0.25, 0.3) is 5.56 Å². The molecule has 0 aliphatic carbocycles. The van der Waals surface area contributed by atoms with Gasteiger partial charge in [0.15, 0.2) is 0 Å². The molecule has 1 aromatic heterocycles. The maximum Gasteiger partial charge on any atom is 0.361 e. The highest BCUT2D eigenvalue weighted by Gasteiger charge is 2.17. The van der Waals surface area contributed by atoms with Gasteiger partial charge in [0, 0.05) is 6.07 Å². The number of hydrogen-bond acceptors (Lipinski definition) is 8. The van der Waals surface area contributed by atoms with Gasteiger partial charge in [0.05, 0.1) is 12.6 Å². The second-order valence-corrected chi connectivity index (χ2v) is 3.48. The topological polar surface area (TPSA) is 159 Å². The van der Waals surface area contributed by atoms with E-state index in [9.17, 15) is 19.2 Å². The predicted molar refractivity (Wildman–Crippen MR) is 60.4 cm³/mol. The van der Waals surface area contributed by atoms with Gasteiger partial charge < -0.3 is 15.4 Å². The first kappa shape index (κ1) is 14.6. The van der Waals surface area contributed by atoms with Gasteiger partial charge in [-0.2, -0.15) is 5.90 Å². The van der Waals surface area contributed by atoms with Crippen molar-refractivity contribution in [1.82, 2.24) is 9.71 Å². The largest absolute Gasteiger partial charge is 0.372 e. The molecule has 0 saturated carbocycles. The number of carbonyl (C=O) groups is 2. The summed E-state index contributed by atoms with van der Waals surface area (Å²) >= 11 is 0. The number of nitrogens with one attached hydrogen (secondary N) is 1. The molecular formula is C9H12N4O6. The van der Waals surface area contributed by atoms with E-state index >= 15 is 0 Å². The van der Waals surface area contributed by atoms with Crippen LogP contribution in [0.25, 0.3) is 0 Å². The zero-order chi connectivity index (χ0) is 14.4. The second kappa shape index (κ2) is 6.47. The van der Waals surface area contributed by atoms with Crippen LogP contribution in [0.4, 0.5) is 0 Å². The molecule has 0 bridgehead atoms. The first-order valence-corrected chi connectivity index (χ1v) is 5.13. The van der Waals surface area contributed by atoms with E-state index in [2.05, 4.69) is 15.6 Å². The number of rotatable bonds is 5. The van der Waals surface area contributed by atoms with Crippen molar-refractivity contribution in [1.29, 1.82) is 0 Å². The van der Waals surface area contributed by atoms with Gasteiger partial charge in [-0.25, -0.2) is 14.4 Å². The molecule has 1 heterocycles. The molecule has 0 radical (unpaired) electrons. The molecule has 10 heteroatoms. The number of nitrogens with zero attached hydrogens (tertiary/aromatic N) is 1. The van der Waals surface area contributed by atoms with Gasteiger partial charge in [-0.15, -0.1) is 4.73 Å². The summed E-state index contributed by atoms with van der Waals surface area (Å²) in [6.07, 6.45) is 0.696. The van der Waals surface area contributed by atoms with Crippen LogP contribution in [0.5, 0.6) is 0 Å². The molecule has 104 valence electrons. The smallest absolute Gasteiger partial charge is 0.361 e. The summed E-state index contributed by atoms with van der Waals surface area (Å²) < 4.78 is 0.552. The SMILES string of the molecule is NOC(=O)[C@@H](N)CCC(=O)On1ccc(=O)[nH]c1=O. The third kappa shape index (κ3) is 4.37. The minimum atomic E-state index is -1.06. The number of nitrogens with two attached hydrogens (primary N) is 2. The van der Waals surface area contributed by atoms with Crippen LogP contribution in [-0.2, 0) is 14.4 Å². The normalized spacial score (nSPS) is 11.7. The minimum absolute atomic E-state index is 0.0625. The van der Waals surface area contributed by atoms with Crippen molar-refractivity contribution in [2.75, 3.05) is 0 Å². The van der Waals surface area contributed by atoms with Gasteiger partial charge in [-0.05, 0) is 6.42 Å². The van der Waals surface area contributed by atoms with Crippen LogP contribution in [0.1, 0.15) is 12.8 Å². The number of aromatic amines is 1. The van der Waals surface area contributed by atoms with E-state index in [0.29, 0.717) is 4.73 Å². The van der Waals surface area contributed by atoms with Crippen molar-refractivity contribution in [3.8, 4) is 0 Å². The molecule has 19 heavy (non-hydrogen) atoms. The second-order valence-electron chi connectivity index (χ2n) is 3.48. The maximum absolute atomic E-state index is 11.4. The summed E-state index contributed by atoms with van der Waals surface area (Å²) in [7, 11) is 0. The van der Waals surface area contributed by atoms with E-state index in [1.54, 1.807) is 0 Å². The van der Waals surface area contributed by atoms with Crippen LogP contribution in [-0.4, -0.2) is 27.7 Å². The number of hydrogen-bond donors (Lipinski definition) is 3. The molecule has 0 aliphatic heterocycles. The van der Waals surface area contributed by atoms with Crippen LogP contribution >= 0.6 is 0 Å². The average Bonchev–Trinajstić information content (AvgIpc) is 2.38. The molecule has 0 unspecified atom stereocenters. The third-order valence-electron chi connectivity index (χ3n) is 2.07. The van der Waals surface area contributed by atoms with Crippen LogP contribution in [0.3, 0.4) is 0 Å². The van der Waals surface area contributed by atoms with Crippen molar-refractivity contribution < 1.29 is 19.3 Å². The van der Waals surface area contributed by atoms with Crippen LogP contribution < -0.4 is 27.7 Å². The lowest BCUT2D eigenvalue weighted by atomic mass is 10.2. The summed E-state index contributed by atoms with van der Waals surface area (Å²) in [5.41, 5.74) is 3.82. The van der Waals surface area contributed by atoms with Crippen molar-refractivity contribution >= 4 is 11.9 Å². The summed E-state index contributed by atoms with van der Waals surface area (Å²) in [5, 5.41) is 0. The molecule has 0 aromatic carbocycles. The molecule has 0 saturated heterocycles. The third-order valence-corrected chi connectivity index (χ3v) is 2.07. The monoisotopic (exact) mass is 272 g/mol. The zero-order valence-corrected chi connectivity index (χ0v) is 9.70. The predicted octanol–water partition coefficient (Wildman–Crippen LogP) is -2.98. The Labute approximate surface area is 105 Å². The Morgan fingerprint density at radius 2 is 2.11 bits per heavy atom. The number of H-pyrrole nitrogens is 1. The van der Waals surface area contributed by atoms with Gasteiger partial charge in [0.1, 0.15) is 6.04 Å². The van der Waals surface area contributed by atoms with Gasteiger partial charge in [0.2, 0.25) is 0 Å². The van der Waals surface area contributed by atoms with Crippen LogP contribution in [0.15, 0.2) is 21.9 Å². The zero-order valence-electron chi connectivity index (χ0n) is 9.70. The number of carbonyl (C=O) groups excluding carboxylic acids is 2. The van der Waals surface area contributed by atoms with E-state index in [1.807, 2.05) is 4.98 Å². The molecule has 1 rings (SSSR count). The fraction of sp³-hybridized carbons (Fsp3) is 0.333. The van der Waals surface area contributed by atoms with Gasteiger partial charge in [-0.3, -0.25) is 9.78 Å². The number of aromatic nitrogens is 2. The van der Waals surface area contributed by atoms with E-state index in [4.69, 9.17) is 5.73 Å². The Kier molecular flexibility index (Phi) is 4.97. The molecule has 0 amide bonds.